The molecular weight excluding hydrogens is 455 g/mol. The zero-order chi connectivity index (χ0) is 21.1. The van der Waals surface area contributed by atoms with E-state index in [1.54, 1.807) is 22.9 Å². The molecule has 3 aromatic heterocycles. The van der Waals surface area contributed by atoms with E-state index in [2.05, 4.69) is 35.9 Å². The van der Waals surface area contributed by atoms with Crippen molar-refractivity contribution in [1.82, 2.24) is 24.5 Å². The highest BCUT2D eigenvalue weighted by Crippen LogP contribution is 2.23. The minimum atomic E-state index is -0.890. The summed E-state index contributed by atoms with van der Waals surface area (Å²) in [6, 6.07) is 11.4. The number of nitrogen functional groups attached to an aromatic ring is 1. The predicted molar refractivity (Wildman–Crippen MR) is 112 cm³/mol. The van der Waals surface area contributed by atoms with Crippen LogP contribution in [-0.2, 0) is 19.6 Å². The first kappa shape index (κ1) is 20.2. The molecule has 3 heterocycles. The molecular formula is C20H18BrFN6O2. The van der Waals surface area contributed by atoms with Gasteiger partial charge < -0.3 is 15.6 Å². The van der Waals surface area contributed by atoms with Crippen molar-refractivity contribution in [2.24, 2.45) is 0 Å². The van der Waals surface area contributed by atoms with E-state index in [-0.39, 0.29) is 12.4 Å². The van der Waals surface area contributed by atoms with Gasteiger partial charge in [0.05, 0.1) is 19.8 Å². The van der Waals surface area contributed by atoms with E-state index >= 15 is 0 Å². The molecule has 0 spiro atoms. The van der Waals surface area contributed by atoms with Crippen LogP contribution < -0.4 is 10.5 Å². The number of hydrogen-bond donors (Lipinski definition) is 2. The van der Waals surface area contributed by atoms with Crippen molar-refractivity contribution < 1.29 is 14.2 Å². The van der Waals surface area contributed by atoms with E-state index in [1.807, 2.05) is 24.3 Å². The topological polar surface area (TPSA) is 112 Å². The Hall–Kier alpha value is -3.11. The number of imidazole rings is 1. The van der Waals surface area contributed by atoms with Gasteiger partial charge in [-0.05, 0) is 38.7 Å². The van der Waals surface area contributed by atoms with Crippen molar-refractivity contribution in [2.45, 2.75) is 19.6 Å². The highest BCUT2D eigenvalue weighted by molar-refractivity contribution is 9.10. The van der Waals surface area contributed by atoms with Crippen molar-refractivity contribution in [2.75, 3.05) is 12.3 Å². The lowest BCUT2D eigenvalue weighted by Crippen LogP contribution is -2.06. The van der Waals surface area contributed by atoms with Crippen LogP contribution in [0, 0.1) is 6.08 Å². The van der Waals surface area contributed by atoms with E-state index in [4.69, 9.17) is 10.5 Å². The van der Waals surface area contributed by atoms with Gasteiger partial charge in [-0.2, -0.15) is 14.4 Å². The average Bonchev–Trinajstić information content (AvgIpc) is 3.04. The summed E-state index contributed by atoms with van der Waals surface area (Å²) in [5.74, 6) is 0.479. The van der Waals surface area contributed by atoms with Crippen molar-refractivity contribution in [3.8, 4) is 5.88 Å². The maximum atomic E-state index is 13.6. The number of ether oxygens (including phenoxy) is 1. The molecule has 30 heavy (non-hydrogen) atoms. The number of pyridine rings is 1. The molecule has 8 nitrogen and oxygen atoms in total. The molecule has 1 aromatic carbocycles. The highest BCUT2D eigenvalue weighted by atomic mass is 79.9. The van der Waals surface area contributed by atoms with Gasteiger partial charge in [0.1, 0.15) is 0 Å². The van der Waals surface area contributed by atoms with Gasteiger partial charge in [-0.25, -0.2) is 9.97 Å². The smallest absolute Gasteiger partial charge is 0.312 e. The van der Waals surface area contributed by atoms with Crippen LogP contribution >= 0.6 is 15.9 Å². The Balaban J connectivity index is 1.47. The monoisotopic (exact) mass is 472 g/mol. The highest BCUT2D eigenvalue weighted by Gasteiger charge is 2.15. The van der Waals surface area contributed by atoms with Crippen LogP contribution in [0.1, 0.15) is 16.7 Å². The quantitative estimate of drug-likeness (QED) is 0.314. The van der Waals surface area contributed by atoms with Gasteiger partial charge >= 0.3 is 6.08 Å². The molecule has 0 amide bonds. The Morgan fingerprint density at radius 3 is 2.77 bits per heavy atom. The summed E-state index contributed by atoms with van der Waals surface area (Å²) in [5, 5.41) is 9.19. The minimum absolute atomic E-state index is 0.00160. The van der Waals surface area contributed by atoms with Crippen LogP contribution in [0.15, 0.2) is 47.3 Å². The molecule has 154 valence electrons. The first-order chi connectivity index (χ1) is 14.5. The summed E-state index contributed by atoms with van der Waals surface area (Å²) >= 11 is 3.39. The molecule has 4 aromatic rings. The number of anilines is 1. The Kier molecular flexibility index (Phi) is 5.86. The van der Waals surface area contributed by atoms with Crippen LogP contribution in [0.2, 0.25) is 0 Å². The second-order valence-electron chi connectivity index (χ2n) is 6.60. The fraction of sp³-hybridized carbons (Fsp3) is 0.200. The number of halogens is 2. The Morgan fingerprint density at radius 2 is 1.93 bits per heavy atom. The van der Waals surface area contributed by atoms with Crippen LogP contribution in [0.3, 0.4) is 0 Å². The number of aromatic nitrogens is 5. The lowest BCUT2D eigenvalue weighted by molar-refractivity contribution is 0.277. The van der Waals surface area contributed by atoms with Gasteiger partial charge in [-0.15, -0.1) is 0 Å². The van der Waals surface area contributed by atoms with Crippen molar-refractivity contribution >= 4 is 32.9 Å². The third-order valence-electron chi connectivity index (χ3n) is 4.50. The molecule has 0 saturated heterocycles. The normalized spacial score (nSPS) is 11.2. The number of aliphatic hydroxyl groups is 1. The lowest BCUT2D eigenvalue weighted by atomic mass is 10.1. The number of nitrogens with zero attached hydrogens (tertiary/aromatic N) is 5. The van der Waals surface area contributed by atoms with Crippen molar-refractivity contribution in [3.05, 3.63) is 70.1 Å². The summed E-state index contributed by atoms with van der Waals surface area (Å²) in [6.45, 7) is 0.819. The fourth-order valence-electron chi connectivity index (χ4n) is 3.08. The standard InChI is InChI=1S/C20H18BrFN6O2/c21-19-25-16-17(23)26-20(22)27-18(16)28(19)10-13-3-1-2-12(8-13)5-7-30-15-9-14(11-29)4-6-24-15/h1-4,6,8-9,29H,5,7,10-11H2,(H2,23,26,27). The van der Waals surface area contributed by atoms with Crippen LogP contribution in [0.25, 0.3) is 11.2 Å². The van der Waals surface area contributed by atoms with Gasteiger partial charge in [0.25, 0.3) is 0 Å². The molecule has 0 saturated carbocycles. The summed E-state index contributed by atoms with van der Waals surface area (Å²) in [6.07, 6.45) is 1.39. The van der Waals surface area contributed by atoms with Crippen molar-refractivity contribution in [3.63, 3.8) is 0 Å². The van der Waals surface area contributed by atoms with Crippen LogP contribution in [-0.4, -0.2) is 36.2 Å². The maximum Gasteiger partial charge on any atom is 0.312 e. The van der Waals surface area contributed by atoms with Crippen LogP contribution in [0.4, 0.5) is 10.2 Å². The van der Waals surface area contributed by atoms with E-state index < -0.39 is 6.08 Å². The minimum Gasteiger partial charge on any atom is -0.477 e. The predicted octanol–water partition coefficient (Wildman–Crippen LogP) is 2.87. The average molecular weight is 473 g/mol. The molecule has 0 bridgehead atoms. The Morgan fingerprint density at radius 1 is 1.10 bits per heavy atom. The number of benzene rings is 1. The number of aliphatic hydroxyl groups excluding tert-OH is 1. The summed E-state index contributed by atoms with van der Waals surface area (Å²) < 4.78 is 21.5. The second-order valence-corrected chi connectivity index (χ2v) is 7.31. The Labute approximate surface area is 179 Å². The number of hydrogen-bond acceptors (Lipinski definition) is 7. The molecule has 0 aliphatic rings. The van der Waals surface area contributed by atoms with Crippen LogP contribution in [0.5, 0.6) is 5.88 Å². The SMILES string of the molecule is Nc1nc(F)nc2c1nc(Br)n2Cc1cccc(CCOc2cc(CO)ccn2)c1. The third kappa shape index (κ3) is 4.39. The maximum absolute atomic E-state index is 13.6. The molecule has 4 rings (SSSR count). The molecule has 3 N–H and O–H groups in total. The lowest BCUT2D eigenvalue weighted by Gasteiger charge is -2.09. The molecule has 10 heteroatoms. The Bertz CT molecular complexity index is 1200. The van der Waals surface area contributed by atoms with E-state index in [0.29, 0.717) is 41.3 Å². The van der Waals surface area contributed by atoms with Gasteiger partial charge in [0.15, 0.2) is 21.7 Å². The zero-order valence-corrected chi connectivity index (χ0v) is 17.4. The van der Waals surface area contributed by atoms with Gasteiger partial charge in [-0.3, -0.25) is 4.57 Å². The molecule has 0 fully saturated rings. The molecule has 0 aliphatic heterocycles. The second kappa shape index (κ2) is 8.72. The first-order valence-electron chi connectivity index (χ1n) is 9.14. The van der Waals surface area contributed by atoms with Gasteiger partial charge in [0, 0.05) is 18.7 Å². The van der Waals surface area contributed by atoms with E-state index in [9.17, 15) is 9.50 Å². The number of rotatable bonds is 7. The third-order valence-corrected chi connectivity index (χ3v) is 5.11. The molecule has 0 radical (unpaired) electrons. The summed E-state index contributed by atoms with van der Waals surface area (Å²) in [4.78, 5) is 15.8. The van der Waals surface area contributed by atoms with E-state index in [0.717, 1.165) is 16.7 Å². The summed E-state index contributed by atoms with van der Waals surface area (Å²) in [7, 11) is 0. The molecule has 0 unspecified atom stereocenters. The van der Waals surface area contributed by atoms with E-state index in [1.165, 1.54) is 0 Å². The fourth-order valence-corrected chi connectivity index (χ4v) is 3.55. The molecule has 0 atom stereocenters. The number of nitrogens with two attached hydrogens (primary N) is 1. The first-order valence-corrected chi connectivity index (χ1v) is 9.94. The van der Waals surface area contributed by atoms with Gasteiger partial charge in [-0.1, -0.05) is 24.3 Å². The summed E-state index contributed by atoms with van der Waals surface area (Å²) in [5.41, 5.74) is 9.26. The molecule has 0 aliphatic carbocycles. The van der Waals surface area contributed by atoms with Crippen molar-refractivity contribution in [1.29, 1.82) is 0 Å². The number of fused-ring (bicyclic) bond motifs is 1. The zero-order valence-electron chi connectivity index (χ0n) is 15.8. The largest absolute Gasteiger partial charge is 0.477 e. The van der Waals surface area contributed by atoms with Gasteiger partial charge in [0.2, 0.25) is 5.88 Å².